The minimum absolute atomic E-state index is 0.620. The molecule has 0 atom stereocenters. The molecule has 0 unspecified atom stereocenters. The second-order valence-corrected chi connectivity index (χ2v) is 4.52. The summed E-state index contributed by atoms with van der Waals surface area (Å²) >= 11 is 0. The Morgan fingerprint density at radius 1 is 1.44 bits per heavy atom. The average Bonchev–Trinajstić information content (AvgIpc) is 2.89. The number of nitrogens with zero attached hydrogens (tertiary/aromatic N) is 3. The highest BCUT2D eigenvalue weighted by molar-refractivity contribution is 5.30. The molecule has 0 spiro atoms. The lowest BCUT2D eigenvalue weighted by molar-refractivity contribution is 0.664. The normalized spacial score (nSPS) is 17.6. The van der Waals surface area contributed by atoms with Gasteiger partial charge in [-0.05, 0) is 19.9 Å². The van der Waals surface area contributed by atoms with E-state index in [1.807, 2.05) is 17.8 Å². The van der Waals surface area contributed by atoms with Crippen molar-refractivity contribution in [3.05, 3.63) is 17.7 Å². The number of aromatic nitrogens is 4. The van der Waals surface area contributed by atoms with Gasteiger partial charge in [-0.3, -0.25) is 5.10 Å². The molecule has 2 N–H and O–H groups in total. The topological polar surface area (TPSA) is 58.0 Å². The lowest BCUT2D eigenvalue weighted by atomic mass is 10.1. The molecule has 5 nitrogen and oxygen atoms in total. The molecule has 0 radical (unpaired) electrons. The summed E-state index contributed by atoms with van der Waals surface area (Å²) in [5, 5.41) is 6.42. The number of rotatable bonds is 3. The summed E-state index contributed by atoms with van der Waals surface area (Å²) in [5.41, 5.74) is 1.03. The van der Waals surface area contributed by atoms with Crippen LogP contribution in [0.5, 0.6) is 0 Å². The Hall–Kier alpha value is -1.36. The fourth-order valence-electron chi connectivity index (χ4n) is 2.48. The first-order chi connectivity index (χ1) is 7.86. The van der Waals surface area contributed by atoms with Crippen LogP contribution in [0, 0.1) is 0 Å². The fraction of sp³-hybridized carbons (Fsp3) is 0.636. The van der Waals surface area contributed by atoms with Crippen LogP contribution in [0.1, 0.15) is 43.1 Å². The zero-order valence-electron chi connectivity index (χ0n) is 9.53. The second kappa shape index (κ2) is 3.90. The van der Waals surface area contributed by atoms with Crippen LogP contribution in [0.15, 0.2) is 6.20 Å². The predicted octanol–water partition coefficient (Wildman–Crippen LogP) is 1.43. The van der Waals surface area contributed by atoms with E-state index in [-0.39, 0.29) is 0 Å². The molecular weight excluding hydrogens is 202 g/mol. The minimum Gasteiger partial charge on any atom is -0.314 e. The van der Waals surface area contributed by atoms with Gasteiger partial charge in [-0.2, -0.15) is 4.98 Å². The Bertz CT molecular complexity index is 446. The summed E-state index contributed by atoms with van der Waals surface area (Å²) in [5.74, 6) is 2.53. The number of hydrogen-bond donors (Lipinski definition) is 2. The minimum atomic E-state index is 0.620. The van der Waals surface area contributed by atoms with Crippen LogP contribution in [0.3, 0.4) is 0 Å². The number of aromatic amines is 1. The van der Waals surface area contributed by atoms with Crippen molar-refractivity contribution >= 4 is 5.78 Å². The third-order valence-electron chi connectivity index (χ3n) is 3.29. The molecule has 16 heavy (non-hydrogen) atoms. The summed E-state index contributed by atoms with van der Waals surface area (Å²) in [6.07, 6.45) is 7.20. The second-order valence-electron chi connectivity index (χ2n) is 4.52. The first-order valence-electron chi connectivity index (χ1n) is 5.95. The van der Waals surface area contributed by atoms with Crippen molar-refractivity contribution in [2.75, 3.05) is 7.05 Å². The van der Waals surface area contributed by atoms with Crippen molar-refractivity contribution in [3.63, 3.8) is 0 Å². The van der Waals surface area contributed by atoms with Crippen LogP contribution in [0.25, 0.3) is 5.78 Å². The van der Waals surface area contributed by atoms with E-state index in [9.17, 15) is 0 Å². The molecule has 1 fully saturated rings. The molecule has 0 aliphatic heterocycles. The van der Waals surface area contributed by atoms with Gasteiger partial charge in [-0.1, -0.05) is 12.8 Å². The van der Waals surface area contributed by atoms with Gasteiger partial charge in [0.15, 0.2) is 0 Å². The summed E-state index contributed by atoms with van der Waals surface area (Å²) in [6.45, 7) is 0.788. The smallest absolute Gasteiger partial charge is 0.250 e. The van der Waals surface area contributed by atoms with Gasteiger partial charge in [0, 0.05) is 12.5 Å². The van der Waals surface area contributed by atoms with Crippen LogP contribution in [0.2, 0.25) is 0 Å². The molecule has 2 aromatic rings. The van der Waals surface area contributed by atoms with Crippen LogP contribution in [0.4, 0.5) is 0 Å². The van der Waals surface area contributed by atoms with E-state index in [4.69, 9.17) is 0 Å². The van der Waals surface area contributed by atoms with E-state index in [2.05, 4.69) is 20.4 Å². The van der Waals surface area contributed by atoms with Crippen molar-refractivity contribution in [1.29, 1.82) is 0 Å². The van der Waals surface area contributed by atoms with Gasteiger partial charge in [-0.15, -0.1) is 0 Å². The van der Waals surface area contributed by atoms with Gasteiger partial charge in [0.25, 0.3) is 5.78 Å². The van der Waals surface area contributed by atoms with E-state index in [0.717, 1.165) is 23.8 Å². The highest BCUT2D eigenvalue weighted by Crippen LogP contribution is 2.32. The zero-order valence-corrected chi connectivity index (χ0v) is 9.53. The fourth-order valence-corrected chi connectivity index (χ4v) is 2.48. The van der Waals surface area contributed by atoms with Crippen LogP contribution < -0.4 is 5.32 Å². The van der Waals surface area contributed by atoms with Gasteiger partial charge in [-0.25, -0.2) is 9.50 Å². The van der Waals surface area contributed by atoms with E-state index < -0.39 is 0 Å². The summed E-state index contributed by atoms with van der Waals surface area (Å²) in [6, 6.07) is 0. The van der Waals surface area contributed by atoms with Crippen molar-refractivity contribution in [3.8, 4) is 0 Å². The largest absolute Gasteiger partial charge is 0.314 e. The Morgan fingerprint density at radius 2 is 2.25 bits per heavy atom. The Balaban J connectivity index is 1.89. The maximum atomic E-state index is 4.57. The third-order valence-corrected chi connectivity index (χ3v) is 3.29. The molecule has 0 amide bonds. The molecule has 2 heterocycles. The molecule has 3 rings (SSSR count). The van der Waals surface area contributed by atoms with Crippen molar-refractivity contribution in [2.45, 2.75) is 38.1 Å². The van der Waals surface area contributed by atoms with E-state index >= 15 is 0 Å². The first kappa shape index (κ1) is 9.84. The first-order valence-corrected chi connectivity index (χ1v) is 5.95. The molecular formula is C11H17N5. The molecule has 1 aliphatic rings. The number of nitrogens with one attached hydrogen (secondary N) is 2. The molecule has 5 heteroatoms. The lowest BCUT2D eigenvalue weighted by Gasteiger charge is -2.02. The summed E-state index contributed by atoms with van der Waals surface area (Å²) < 4.78 is 1.93. The maximum absolute atomic E-state index is 4.57. The van der Waals surface area contributed by atoms with Crippen LogP contribution in [-0.2, 0) is 6.54 Å². The van der Waals surface area contributed by atoms with E-state index in [1.54, 1.807) is 0 Å². The van der Waals surface area contributed by atoms with Crippen molar-refractivity contribution in [1.82, 2.24) is 24.9 Å². The Kier molecular flexibility index (Phi) is 2.40. The Morgan fingerprint density at radius 3 is 2.94 bits per heavy atom. The number of H-pyrrole nitrogens is 1. The number of imidazole rings is 1. The molecule has 86 valence electrons. The standard InChI is InChI=1S/C11H17N5/c1-12-6-9-7-16-11(13-9)14-10(15-16)8-4-2-3-5-8/h7-8,12H,2-6H2,1H3,(H,13,14,15). The number of hydrogen-bond acceptors (Lipinski definition) is 3. The highest BCUT2D eigenvalue weighted by atomic mass is 15.3. The third kappa shape index (κ3) is 1.61. The highest BCUT2D eigenvalue weighted by Gasteiger charge is 2.20. The summed E-state index contributed by atoms with van der Waals surface area (Å²) in [4.78, 5) is 9.02. The van der Waals surface area contributed by atoms with Crippen molar-refractivity contribution < 1.29 is 0 Å². The van der Waals surface area contributed by atoms with Gasteiger partial charge in [0.2, 0.25) is 0 Å². The zero-order chi connectivity index (χ0) is 11.0. The van der Waals surface area contributed by atoms with Gasteiger partial charge in [0.05, 0.1) is 11.9 Å². The SMILES string of the molecule is CNCc1cn2[nH]c(C3CCCC3)nc2n1. The molecule has 0 saturated heterocycles. The van der Waals surface area contributed by atoms with Gasteiger partial charge < -0.3 is 5.32 Å². The quantitative estimate of drug-likeness (QED) is 0.821. The van der Waals surface area contributed by atoms with E-state index in [0.29, 0.717) is 5.92 Å². The summed E-state index contributed by atoms with van der Waals surface area (Å²) in [7, 11) is 1.92. The van der Waals surface area contributed by atoms with Crippen LogP contribution >= 0.6 is 0 Å². The lowest BCUT2D eigenvalue weighted by Crippen LogP contribution is -2.05. The Labute approximate surface area is 94.3 Å². The number of fused-ring (bicyclic) bond motifs is 1. The monoisotopic (exact) mass is 219 g/mol. The molecule has 1 aliphatic carbocycles. The molecule has 2 aromatic heterocycles. The molecule has 0 bridgehead atoms. The van der Waals surface area contributed by atoms with E-state index in [1.165, 1.54) is 25.7 Å². The van der Waals surface area contributed by atoms with Gasteiger partial charge >= 0.3 is 0 Å². The average molecular weight is 219 g/mol. The van der Waals surface area contributed by atoms with Crippen LogP contribution in [-0.4, -0.2) is 26.6 Å². The maximum Gasteiger partial charge on any atom is 0.250 e. The van der Waals surface area contributed by atoms with Crippen molar-refractivity contribution in [2.24, 2.45) is 0 Å². The predicted molar refractivity (Wildman–Crippen MR) is 61.3 cm³/mol. The molecule has 0 aromatic carbocycles. The van der Waals surface area contributed by atoms with Gasteiger partial charge in [0.1, 0.15) is 5.82 Å². The molecule has 1 saturated carbocycles.